The van der Waals surface area contributed by atoms with Crippen molar-refractivity contribution in [2.75, 3.05) is 10.6 Å². The summed E-state index contributed by atoms with van der Waals surface area (Å²) in [6.45, 7) is 4.63. The molecule has 0 atom stereocenters. The van der Waals surface area contributed by atoms with Gasteiger partial charge in [-0.15, -0.1) is 0 Å². The maximum atomic E-state index is 14.0. The summed E-state index contributed by atoms with van der Waals surface area (Å²) in [5.41, 5.74) is 4.61. The molecule has 0 radical (unpaired) electrons. The minimum atomic E-state index is -0.256. The van der Waals surface area contributed by atoms with Crippen molar-refractivity contribution < 1.29 is 4.39 Å². The zero-order chi connectivity index (χ0) is 23.5. The zero-order valence-corrected chi connectivity index (χ0v) is 20.3. The highest BCUT2D eigenvalue weighted by atomic mass is 35.5. The van der Waals surface area contributed by atoms with Crippen molar-refractivity contribution in [3.63, 3.8) is 0 Å². The predicted molar refractivity (Wildman–Crippen MR) is 135 cm³/mol. The summed E-state index contributed by atoms with van der Waals surface area (Å²) in [6.07, 6.45) is 3.51. The molecule has 2 heterocycles. The van der Waals surface area contributed by atoms with E-state index in [4.69, 9.17) is 35.4 Å². The van der Waals surface area contributed by atoms with Gasteiger partial charge in [0.15, 0.2) is 5.11 Å². The Kier molecular flexibility index (Phi) is 6.97. The second-order valence-corrected chi connectivity index (χ2v) is 8.79. The van der Waals surface area contributed by atoms with Crippen LogP contribution in [-0.4, -0.2) is 24.7 Å². The monoisotopic (exact) mass is 502 g/mol. The maximum absolute atomic E-state index is 14.0. The van der Waals surface area contributed by atoms with Crippen molar-refractivity contribution >= 4 is 51.9 Å². The molecule has 170 valence electrons. The lowest BCUT2D eigenvalue weighted by atomic mass is 10.2. The minimum Gasteiger partial charge on any atom is -0.330 e. The van der Waals surface area contributed by atoms with Crippen molar-refractivity contribution in [1.29, 1.82) is 0 Å². The van der Waals surface area contributed by atoms with Gasteiger partial charge in [-0.2, -0.15) is 10.2 Å². The third kappa shape index (κ3) is 5.52. The molecule has 0 fully saturated rings. The molecule has 2 N–H and O–H groups in total. The summed E-state index contributed by atoms with van der Waals surface area (Å²) in [4.78, 5) is 0. The van der Waals surface area contributed by atoms with Crippen molar-refractivity contribution in [3.8, 4) is 0 Å². The standard InChI is InChI=1S/C23H21Cl2FN6S/c1-14-22(15(2)32(30-14)12-17-5-3-4-6-21(17)26)29-23(33)28-19-10-27-31(13-19)11-16-7-8-18(24)9-20(16)25/h3-10,13H,11-12H2,1-2H3,(H2,28,29,33). The number of aromatic nitrogens is 4. The molecule has 0 aliphatic heterocycles. The van der Waals surface area contributed by atoms with Gasteiger partial charge in [0.1, 0.15) is 5.82 Å². The molecule has 0 spiro atoms. The van der Waals surface area contributed by atoms with Crippen LogP contribution in [0.5, 0.6) is 0 Å². The number of hydrogen-bond acceptors (Lipinski definition) is 3. The molecule has 6 nitrogen and oxygen atoms in total. The van der Waals surface area contributed by atoms with Crippen LogP contribution in [0.2, 0.25) is 10.0 Å². The predicted octanol–water partition coefficient (Wildman–Crippen LogP) is 6.05. The van der Waals surface area contributed by atoms with Crippen LogP contribution in [0, 0.1) is 19.7 Å². The van der Waals surface area contributed by atoms with Crippen LogP contribution >= 0.6 is 35.4 Å². The summed E-state index contributed by atoms with van der Waals surface area (Å²) in [7, 11) is 0. The quantitative estimate of drug-likeness (QED) is 0.314. The van der Waals surface area contributed by atoms with Crippen LogP contribution in [0.1, 0.15) is 22.5 Å². The first-order valence-electron chi connectivity index (χ1n) is 10.1. The number of hydrogen-bond donors (Lipinski definition) is 2. The third-order valence-corrected chi connectivity index (χ3v) is 5.93. The van der Waals surface area contributed by atoms with E-state index >= 15 is 0 Å². The molecule has 2 aromatic carbocycles. The van der Waals surface area contributed by atoms with Gasteiger partial charge in [0.2, 0.25) is 0 Å². The van der Waals surface area contributed by atoms with E-state index in [1.54, 1.807) is 39.8 Å². The average molecular weight is 503 g/mol. The van der Waals surface area contributed by atoms with E-state index < -0.39 is 0 Å². The van der Waals surface area contributed by atoms with E-state index in [-0.39, 0.29) is 5.82 Å². The molecule has 0 amide bonds. The number of rotatable bonds is 6. The highest BCUT2D eigenvalue weighted by molar-refractivity contribution is 7.80. The van der Waals surface area contributed by atoms with Gasteiger partial charge in [0.05, 0.1) is 42.0 Å². The van der Waals surface area contributed by atoms with Gasteiger partial charge in [0.25, 0.3) is 0 Å². The van der Waals surface area contributed by atoms with Crippen LogP contribution in [0.3, 0.4) is 0 Å². The zero-order valence-electron chi connectivity index (χ0n) is 17.9. The van der Waals surface area contributed by atoms with E-state index in [0.29, 0.717) is 33.8 Å². The van der Waals surface area contributed by atoms with Crippen LogP contribution in [-0.2, 0) is 13.1 Å². The Morgan fingerprint density at radius 2 is 1.85 bits per heavy atom. The number of halogens is 3. The normalized spacial score (nSPS) is 10.9. The van der Waals surface area contributed by atoms with Crippen molar-refractivity contribution in [1.82, 2.24) is 19.6 Å². The Morgan fingerprint density at radius 1 is 1.06 bits per heavy atom. The molecular formula is C23H21Cl2FN6S. The van der Waals surface area contributed by atoms with Gasteiger partial charge in [-0.05, 0) is 49.8 Å². The molecule has 0 saturated carbocycles. The van der Waals surface area contributed by atoms with Crippen molar-refractivity contribution in [2.24, 2.45) is 0 Å². The number of anilines is 2. The fourth-order valence-electron chi connectivity index (χ4n) is 3.43. The van der Waals surface area contributed by atoms with Crippen molar-refractivity contribution in [2.45, 2.75) is 26.9 Å². The topological polar surface area (TPSA) is 59.7 Å². The first-order chi connectivity index (χ1) is 15.8. The molecule has 4 aromatic rings. The lowest BCUT2D eigenvalue weighted by Gasteiger charge is -2.10. The second-order valence-electron chi connectivity index (χ2n) is 7.54. The largest absolute Gasteiger partial charge is 0.330 e. The van der Waals surface area contributed by atoms with Crippen LogP contribution < -0.4 is 10.6 Å². The summed E-state index contributed by atoms with van der Waals surface area (Å²) < 4.78 is 17.5. The fraction of sp³-hybridized carbons (Fsp3) is 0.174. The SMILES string of the molecule is Cc1nn(Cc2ccccc2F)c(C)c1NC(=S)Nc1cnn(Cc2ccc(Cl)cc2Cl)c1. The Morgan fingerprint density at radius 3 is 2.61 bits per heavy atom. The first kappa shape index (κ1) is 23.2. The molecule has 0 aliphatic carbocycles. The van der Waals surface area contributed by atoms with Crippen LogP contribution in [0.25, 0.3) is 0 Å². The molecule has 0 saturated heterocycles. The van der Waals surface area contributed by atoms with E-state index in [1.807, 2.05) is 32.2 Å². The molecule has 33 heavy (non-hydrogen) atoms. The molecular weight excluding hydrogens is 482 g/mol. The Labute approximate surface area is 206 Å². The Balaban J connectivity index is 1.41. The van der Waals surface area contributed by atoms with E-state index in [0.717, 1.165) is 28.3 Å². The number of aryl methyl sites for hydroxylation is 1. The summed E-state index contributed by atoms with van der Waals surface area (Å²) in [5.74, 6) is -0.256. The van der Waals surface area contributed by atoms with Crippen LogP contribution in [0.15, 0.2) is 54.9 Å². The van der Waals surface area contributed by atoms with E-state index in [9.17, 15) is 4.39 Å². The summed E-state index contributed by atoms with van der Waals surface area (Å²) in [6, 6.07) is 12.0. The van der Waals surface area contributed by atoms with E-state index in [2.05, 4.69) is 20.8 Å². The van der Waals surface area contributed by atoms with Gasteiger partial charge in [-0.3, -0.25) is 9.36 Å². The third-order valence-electron chi connectivity index (χ3n) is 5.14. The molecule has 0 aliphatic rings. The minimum absolute atomic E-state index is 0.256. The lowest BCUT2D eigenvalue weighted by Crippen LogP contribution is -2.19. The number of nitrogens with zero attached hydrogens (tertiary/aromatic N) is 4. The molecule has 0 unspecified atom stereocenters. The second kappa shape index (κ2) is 9.91. The van der Waals surface area contributed by atoms with Gasteiger partial charge in [-0.1, -0.05) is 47.5 Å². The number of thiocarbonyl (C=S) groups is 1. The first-order valence-corrected chi connectivity index (χ1v) is 11.3. The average Bonchev–Trinajstić information content (AvgIpc) is 3.31. The number of benzene rings is 2. The molecule has 10 heteroatoms. The summed E-state index contributed by atoms with van der Waals surface area (Å²) in [5, 5.41) is 16.8. The Bertz CT molecular complexity index is 1320. The Hall–Kier alpha value is -2.94. The van der Waals surface area contributed by atoms with E-state index in [1.165, 1.54) is 6.07 Å². The fourth-order valence-corrected chi connectivity index (χ4v) is 4.12. The lowest BCUT2D eigenvalue weighted by molar-refractivity contribution is 0.579. The molecule has 4 rings (SSSR count). The van der Waals surface area contributed by atoms with Crippen LogP contribution in [0.4, 0.5) is 15.8 Å². The smallest absolute Gasteiger partial charge is 0.175 e. The van der Waals surface area contributed by atoms with Gasteiger partial charge in [-0.25, -0.2) is 4.39 Å². The molecule has 2 aromatic heterocycles. The van der Waals surface area contributed by atoms with Gasteiger partial charge in [0, 0.05) is 21.8 Å². The summed E-state index contributed by atoms with van der Waals surface area (Å²) >= 11 is 17.7. The highest BCUT2D eigenvalue weighted by Crippen LogP contribution is 2.23. The van der Waals surface area contributed by atoms with Crippen molar-refractivity contribution in [3.05, 3.63) is 93.2 Å². The highest BCUT2D eigenvalue weighted by Gasteiger charge is 2.15. The maximum Gasteiger partial charge on any atom is 0.175 e. The number of nitrogens with one attached hydrogen (secondary N) is 2. The molecule has 0 bridgehead atoms. The van der Waals surface area contributed by atoms with Gasteiger partial charge < -0.3 is 10.6 Å². The van der Waals surface area contributed by atoms with Gasteiger partial charge >= 0.3 is 0 Å².